The van der Waals surface area contributed by atoms with Crippen LogP contribution >= 0.6 is 0 Å². The van der Waals surface area contributed by atoms with Gasteiger partial charge in [-0.3, -0.25) is 14.5 Å². The zero-order chi connectivity index (χ0) is 28.9. The highest BCUT2D eigenvalue weighted by molar-refractivity contribution is 5.96. The largest absolute Gasteiger partial charge is 0.503 e. The number of hydrogen-bond acceptors (Lipinski definition) is 5. The highest BCUT2D eigenvalue weighted by Crippen LogP contribution is 2.25. The molecule has 0 aliphatic carbocycles. The van der Waals surface area contributed by atoms with Crippen molar-refractivity contribution in [3.05, 3.63) is 75.7 Å². The second-order valence-corrected chi connectivity index (χ2v) is 9.59. The van der Waals surface area contributed by atoms with Gasteiger partial charge in [0.2, 0.25) is 5.43 Å². The van der Waals surface area contributed by atoms with Gasteiger partial charge in [-0.15, -0.1) is 0 Å². The van der Waals surface area contributed by atoms with Crippen LogP contribution in [0.3, 0.4) is 0 Å². The van der Waals surface area contributed by atoms with Crippen LogP contribution in [-0.2, 0) is 24.4 Å². The van der Waals surface area contributed by atoms with Gasteiger partial charge in [-0.25, -0.2) is 4.79 Å². The predicted octanol–water partition coefficient (Wildman–Crippen LogP) is 4.62. The number of alkyl halides is 3. The molecule has 0 saturated heterocycles. The Morgan fingerprint density at radius 2 is 1.69 bits per heavy atom. The van der Waals surface area contributed by atoms with Crippen molar-refractivity contribution in [2.75, 3.05) is 13.1 Å². The summed E-state index contributed by atoms with van der Waals surface area (Å²) in [6, 6.07) is 16.2. The lowest BCUT2D eigenvalue weighted by molar-refractivity contribution is -0.192. The summed E-state index contributed by atoms with van der Waals surface area (Å²) in [7, 11) is 0. The van der Waals surface area contributed by atoms with E-state index >= 15 is 0 Å². The number of carboxylic acids is 1. The minimum absolute atomic E-state index is 0.0114. The number of benzene rings is 2. The third-order valence-electron chi connectivity index (χ3n) is 6.47. The normalized spacial score (nSPS) is 13.4. The Hall–Kier alpha value is -3.86. The zero-order valence-corrected chi connectivity index (χ0v) is 22.0. The molecule has 2 aromatic carbocycles. The van der Waals surface area contributed by atoms with E-state index in [-0.39, 0.29) is 17.6 Å². The maximum atomic E-state index is 13.0. The van der Waals surface area contributed by atoms with E-state index in [9.17, 15) is 27.9 Å². The van der Waals surface area contributed by atoms with Crippen molar-refractivity contribution in [1.82, 2.24) is 14.4 Å². The van der Waals surface area contributed by atoms with Crippen LogP contribution in [0.15, 0.2) is 53.3 Å². The first-order chi connectivity index (χ1) is 18.3. The van der Waals surface area contributed by atoms with Crippen molar-refractivity contribution >= 4 is 22.6 Å². The van der Waals surface area contributed by atoms with Crippen LogP contribution in [0.4, 0.5) is 13.2 Å². The van der Waals surface area contributed by atoms with Crippen molar-refractivity contribution in [2.24, 2.45) is 0 Å². The molecule has 4 rings (SSSR count). The molecule has 0 saturated carbocycles. The monoisotopic (exact) mass is 547 g/mol. The third-order valence-corrected chi connectivity index (χ3v) is 6.47. The Balaban J connectivity index is 0.000000532. The van der Waals surface area contributed by atoms with Crippen LogP contribution in [-0.4, -0.2) is 61.8 Å². The Morgan fingerprint density at radius 1 is 1.05 bits per heavy atom. The van der Waals surface area contributed by atoms with E-state index in [1.54, 1.807) is 4.90 Å². The number of carbonyl (C=O) groups is 2. The molecule has 0 unspecified atom stereocenters. The van der Waals surface area contributed by atoms with Crippen LogP contribution in [0.25, 0.3) is 10.8 Å². The van der Waals surface area contributed by atoms with Crippen LogP contribution in [0, 0.1) is 0 Å². The van der Waals surface area contributed by atoms with Gasteiger partial charge in [0, 0.05) is 44.0 Å². The lowest BCUT2D eigenvalue weighted by atomic mass is 10.0. The van der Waals surface area contributed by atoms with E-state index in [0.717, 1.165) is 25.2 Å². The second-order valence-electron chi connectivity index (χ2n) is 9.59. The molecule has 3 aromatic rings. The molecule has 210 valence electrons. The molecule has 1 aromatic heterocycles. The average Bonchev–Trinajstić information content (AvgIpc) is 2.87. The summed E-state index contributed by atoms with van der Waals surface area (Å²) in [6.07, 6.45) is -4.11. The van der Waals surface area contributed by atoms with Gasteiger partial charge in [0.1, 0.15) is 0 Å². The van der Waals surface area contributed by atoms with Crippen molar-refractivity contribution in [2.45, 2.75) is 59.0 Å². The number of carbonyl (C=O) groups excluding carboxylic acids is 1. The molecule has 0 bridgehead atoms. The molecule has 0 fully saturated rings. The highest BCUT2D eigenvalue weighted by atomic mass is 19.4. The molecule has 2 heterocycles. The van der Waals surface area contributed by atoms with Gasteiger partial charge < -0.3 is 19.7 Å². The number of pyridine rings is 1. The molecular formula is C28H32F3N3O5. The van der Waals surface area contributed by atoms with E-state index < -0.39 is 23.3 Å². The number of rotatable bonds is 7. The zero-order valence-electron chi connectivity index (χ0n) is 22.0. The van der Waals surface area contributed by atoms with Crippen molar-refractivity contribution < 1.29 is 33.0 Å². The molecule has 0 spiro atoms. The first kappa shape index (κ1) is 29.7. The van der Waals surface area contributed by atoms with Crippen LogP contribution in [0.5, 0.6) is 5.75 Å². The number of fused-ring (bicyclic) bond motifs is 2. The fourth-order valence-electron chi connectivity index (χ4n) is 4.66. The van der Waals surface area contributed by atoms with Gasteiger partial charge in [-0.1, -0.05) is 49.4 Å². The van der Waals surface area contributed by atoms with E-state index in [1.165, 1.54) is 22.4 Å². The fourth-order valence-corrected chi connectivity index (χ4v) is 4.66. The minimum atomic E-state index is -5.08. The number of aromatic hydroxyl groups is 1. The lowest BCUT2D eigenvalue weighted by Gasteiger charge is -2.35. The predicted molar refractivity (Wildman–Crippen MR) is 141 cm³/mol. The van der Waals surface area contributed by atoms with E-state index in [0.29, 0.717) is 19.6 Å². The molecule has 1 aliphatic rings. The van der Waals surface area contributed by atoms with Crippen molar-refractivity contribution in [3.63, 3.8) is 0 Å². The van der Waals surface area contributed by atoms with Gasteiger partial charge in [-0.05, 0) is 43.1 Å². The SMILES string of the molecule is CCCN(Cc1cccc2ccccc12)Cc1cc(=O)c(O)c2n1CCN(C(C)C)C2=O.O=C(O)C(F)(F)F. The smallest absolute Gasteiger partial charge is 0.490 e. The number of aliphatic carboxylic acids is 1. The first-order valence-corrected chi connectivity index (χ1v) is 12.6. The summed E-state index contributed by atoms with van der Waals surface area (Å²) in [5.41, 5.74) is 1.63. The number of aromatic nitrogens is 1. The Bertz CT molecular complexity index is 1400. The van der Waals surface area contributed by atoms with Crippen LogP contribution in [0.2, 0.25) is 0 Å². The lowest BCUT2D eigenvalue weighted by Crippen LogP contribution is -2.46. The highest BCUT2D eigenvalue weighted by Gasteiger charge is 2.38. The Labute approximate surface area is 223 Å². The minimum Gasteiger partial charge on any atom is -0.503 e. The number of hydrogen-bond donors (Lipinski definition) is 2. The van der Waals surface area contributed by atoms with E-state index in [4.69, 9.17) is 9.90 Å². The van der Waals surface area contributed by atoms with E-state index in [1.807, 2.05) is 24.5 Å². The summed E-state index contributed by atoms with van der Waals surface area (Å²) in [4.78, 5) is 38.5. The maximum Gasteiger partial charge on any atom is 0.490 e. The number of amides is 1. The number of carboxylic acid groups (broad SMARTS) is 1. The molecule has 39 heavy (non-hydrogen) atoms. The van der Waals surface area contributed by atoms with Crippen molar-refractivity contribution in [3.8, 4) is 5.75 Å². The molecule has 1 aliphatic heterocycles. The summed E-state index contributed by atoms with van der Waals surface area (Å²) < 4.78 is 33.6. The van der Waals surface area contributed by atoms with Gasteiger partial charge in [-0.2, -0.15) is 13.2 Å². The quantitative estimate of drug-likeness (QED) is 0.448. The number of nitrogens with zero attached hydrogens (tertiary/aromatic N) is 3. The van der Waals surface area contributed by atoms with Gasteiger partial charge in [0.05, 0.1) is 0 Å². The third kappa shape index (κ3) is 6.97. The number of halogens is 3. The summed E-state index contributed by atoms with van der Waals surface area (Å²) in [6.45, 7) is 9.30. The molecule has 0 atom stereocenters. The molecule has 8 nitrogen and oxygen atoms in total. The molecule has 2 N–H and O–H groups in total. The Kier molecular flexibility index (Phi) is 9.39. The van der Waals surface area contributed by atoms with Crippen molar-refractivity contribution in [1.29, 1.82) is 0 Å². The fraction of sp³-hybridized carbons (Fsp3) is 0.393. The summed E-state index contributed by atoms with van der Waals surface area (Å²) in [5.74, 6) is -3.48. The second kappa shape index (κ2) is 12.3. The van der Waals surface area contributed by atoms with E-state index in [2.05, 4.69) is 48.2 Å². The van der Waals surface area contributed by atoms with Crippen LogP contribution < -0.4 is 5.43 Å². The average molecular weight is 548 g/mol. The van der Waals surface area contributed by atoms with Gasteiger partial charge in [0.25, 0.3) is 5.91 Å². The maximum absolute atomic E-state index is 13.0. The van der Waals surface area contributed by atoms with Gasteiger partial charge in [0.15, 0.2) is 11.4 Å². The standard InChI is InChI=1S/C26H31N3O3.C2HF3O2/c1-4-12-27(16-20-10-7-9-19-8-5-6-11-22(19)20)17-21-15-23(30)25(31)24-26(32)28(18(2)3)13-14-29(21)24;3-2(4,5)1(6)7/h5-11,15,18,31H,4,12-14,16-17H2,1-3H3;(H,6,7). The van der Waals surface area contributed by atoms with Crippen LogP contribution in [0.1, 0.15) is 48.9 Å². The Morgan fingerprint density at radius 3 is 2.31 bits per heavy atom. The first-order valence-electron chi connectivity index (χ1n) is 12.6. The molecular weight excluding hydrogens is 515 g/mol. The van der Waals surface area contributed by atoms with Gasteiger partial charge >= 0.3 is 12.1 Å². The molecule has 11 heteroatoms. The topological polar surface area (TPSA) is 103 Å². The molecule has 0 radical (unpaired) electrons. The molecule has 1 amide bonds. The summed E-state index contributed by atoms with van der Waals surface area (Å²) in [5, 5.41) is 20.0. The summed E-state index contributed by atoms with van der Waals surface area (Å²) >= 11 is 0.